The summed E-state index contributed by atoms with van der Waals surface area (Å²) in [6.45, 7) is 7.52. The molecule has 0 aromatic rings. The zero-order chi connectivity index (χ0) is 13.0. The molecule has 0 aromatic carbocycles. The van der Waals surface area contributed by atoms with Crippen molar-refractivity contribution in [2.45, 2.75) is 38.4 Å². The summed E-state index contributed by atoms with van der Waals surface area (Å²) in [5.74, 6) is 0.655. The van der Waals surface area contributed by atoms with E-state index < -0.39 is 10.8 Å². The van der Waals surface area contributed by atoms with Crippen LogP contribution in [0.25, 0.3) is 0 Å². The molecule has 2 atom stereocenters. The van der Waals surface area contributed by atoms with Gasteiger partial charge in [0.2, 0.25) is 5.91 Å². The molecule has 0 N–H and O–H groups in total. The quantitative estimate of drug-likeness (QED) is 0.544. The molecular weight excluding hydrogens is 258 g/mol. The van der Waals surface area contributed by atoms with Gasteiger partial charge in [0.1, 0.15) is 10.8 Å². The third kappa shape index (κ3) is 1.91. The third-order valence-electron chi connectivity index (χ3n) is 2.99. The van der Waals surface area contributed by atoms with Crippen molar-refractivity contribution in [1.29, 1.82) is 0 Å². The van der Waals surface area contributed by atoms with Crippen LogP contribution in [-0.4, -0.2) is 33.1 Å². The number of carbonyl (C=O) groups is 2. The first kappa shape index (κ1) is 13.0. The molecule has 3 nitrogen and oxygen atoms in total. The molecule has 0 saturated carbocycles. The topological polar surface area (TPSA) is 37.4 Å². The van der Waals surface area contributed by atoms with Gasteiger partial charge in [0.25, 0.3) is 0 Å². The molecule has 1 fully saturated rings. The molecule has 2 rings (SSSR count). The molecule has 0 aliphatic carbocycles. The molecule has 2 aliphatic heterocycles. The number of Topliss-reactive ketones (excluding diaryl/α,β-unsaturated/α-hetero) is 1. The highest BCUT2D eigenvalue weighted by molar-refractivity contribution is 8.00. The summed E-state index contributed by atoms with van der Waals surface area (Å²) in [5, 5.41) is -0.537. The molecule has 0 bridgehead atoms. The van der Waals surface area contributed by atoms with Crippen LogP contribution < -0.4 is 0 Å². The lowest BCUT2D eigenvalue weighted by Gasteiger charge is -2.48. The lowest BCUT2D eigenvalue weighted by molar-refractivity contribution is -0.141. The van der Waals surface area contributed by atoms with Crippen LogP contribution in [0, 0.1) is 5.41 Å². The molecule has 5 heteroatoms. The Hall–Kier alpha value is -0.480. The van der Waals surface area contributed by atoms with Gasteiger partial charge in [0, 0.05) is 11.2 Å². The second kappa shape index (κ2) is 4.02. The van der Waals surface area contributed by atoms with E-state index in [1.165, 1.54) is 0 Å². The molecule has 1 amide bonds. The predicted molar refractivity (Wildman–Crippen MR) is 69.9 cm³/mol. The van der Waals surface area contributed by atoms with Gasteiger partial charge in [-0.15, -0.1) is 23.4 Å². The second-order valence-electron chi connectivity index (χ2n) is 5.52. The summed E-state index contributed by atoms with van der Waals surface area (Å²) in [4.78, 5) is 25.7. The fourth-order valence-corrected chi connectivity index (χ4v) is 3.61. The monoisotopic (exact) mass is 273 g/mol. The Bertz CT molecular complexity index is 425. The molecule has 17 heavy (non-hydrogen) atoms. The lowest BCUT2D eigenvalue weighted by Crippen LogP contribution is -2.63. The zero-order valence-electron chi connectivity index (χ0n) is 10.4. The number of alkyl halides is 1. The number of nitrogens with zero attached hydrogens (tertiary/aromatic N) is 1. The van der Waals surface area contributed by atoms with E-state index in [0.717, 1.165) is 11.3 Å². The average Bonchev–Trinajstić information content (AvgIpc) is 2.25. The summed E-state index contributed by atoms with van der Waals surface area (Å²) < 4.78 is 0. The standard InChI is InChI=1S/C12H16ClNO2S/c1-6-5-17-11-7(13)10(16)14(11)8(6)9(15)12(2,3)4/h7,11H,5H2,1-4H3/t7-,11+/m0/s1. The van der Waals surface area contributed by atoms with Crippen molar-refractivity contribution in [2.24, 2.45) is 5.41 Å². The molecule has 0 unspecified atom stereocenters. The van der Waals surface area contributed by atoms with Crippen LogP contribution in [0.2, 0.25) is 0 Å². The van der Waals surface area contributed by atoms with E-state index in [-0.39, 0.29) is 17.1 Å². The number of fused-ring (bicyclic) bond motifs is 1. The highest BCUT2D eigenvalue weighted by Crippen LogP contribution is 2.44. The highest BCUT2D eigenvalue weighted by Gasteiger charge is 2.52. The third-order valence-corrected chi connectivity index (χ3v) is 4.99. The van der Waals surface area contributed by atoms with Gasteiger partial charge in [-0.3, -0.25) is 14.5 Å². The number of halogens is 1. The number of hydrogen-bond donors (Lipinski definition) is 0. The summed E-state index contributed by atoms with van der Waals surface area (Å²) in [7, 11) is 0. The maximum atomic E-state index is 12.4. The number of allylic oxidation sites excluding steroid dienone is 1. The van der Waals surface area contributed by atoms with Crippen LogP contribution in [0.15, 0.2) is 11.3 Å². The van der Waals surface area contributed by atoms with Crippen molar-refractivity contribution in [2.75, 3.05) is 5.75 Å². The van der Waals surface area contributed by atoms with Crippen molar-refractivity contribution in [3.8, 4) is 0 Å². The maximum Gasteiger partial charge on any atom is 0.249 e. The molecule has 0 spiro atoms. The Labute approximate surface area is 111 Å². The minimum atomic E-state index is -0.476. The second-order valence-corrected chi connectivity index (χ2v) is 7.09. The van der Waals surface area contributed by atoms with E-state index >= 15 is 0 Å². The fraction of sp³-hybridized carbons (Fsp3) is 0.667. The van der Waals surface area contributed by atoms with Gasteiger partial charge in [0.05, 0.1) is 5.70 Å². The van der Waals surface area contributed by atoms with Crippen molar-refractivity contribution in [3.05, 3.63) is 11.3 Å². The first-order valence-corrected chi connectivity index (χ1v) is 7.07. The SMILES string of the molecule is CC1=C(C(=O)C(C)(C)C)N2C(=O)[C@H](Cl)[C@H]2SC1. The van der Waals surface area contributed by atoms with E-state index in [4.69, 9.17) is 11.6 Å². The minimum absolute atomic E-state index is 0.0252. The predicted octanol–water partition coefficient (Wildman–Crippen LogP) is 2.40. The van der Waals surface area contributed by atoms with Crippen LogP contribution in [0.1, 0.15) is 27.7 Å². The van der Waals surface area contributed by atoms with Crippen LogP contribution in [0.4, 0.5) is 0 Å². The van der Waals surface area contributed by atoms with Gasteiger partial charge >= 0.3 is 0 Å². The van der Waals surface area contributed by atoms with Crippen molar-refractivity contribution >= 4 is 35.1 Å². The number of ketones is 1. The zero-order valence-corrected chi connectivity index (χ0v) is 12.0. The van der Waals surface area contributed by atoms with Crippen LogP contribution >= 0.6 is 23.4 Å². The first-order valence-electron chi connectivity index (χ1n) is 5.58. The fourth-order valence-electron chi connectivity index (χ4n) is 1.97. The molecule has 2 aliphatic rings. The molecule has 94 valence electrons. The minimum Gasteiger partial charge on any atom is -0.293 e. The summed E-state index contributed by atoms with van der Waals surface area (Å²) in [5.41, 5.74) is 1.08. The van der Waals surface area contributed by atoms with Crippen molar-refractivity contribution in [1.82, 2.24) is 4.90 Å². The highest BCUT2D eigenvalue weighted by atomic mass is 35.5. The Balaban J connectivity index is 2.37. The Kier molecular flexibility index (Phi) is 3.07. The largest absolute Gasteiger partial charge is 0.293 e. The van der Waals surface area contributed by atoms with Gasteiger partial charge < -0.3 is 0 Å². The Morgan fingerprint density at radius 1 is 1.47 bits per heavy atom. The molecule has 2 heterocycles. The normalized spacial score (nSPS) is 29.0. The smallest absolute Gasteiger partial charge is 0.249 e. The van der Waals surface area contributed by atoms with Gasteiger partial charge in [-0.2, -0.15) is 0 Å². The summed E-state index contributed by atoms with van der Waals surface area (Å²) in [6.07, 6.45) is 0. The molecule has 0 radical (unpaired) electrons. The van der Waals surface area contributed by atoms with Gasteiger partial charge in [0.15, 0.2) is 5.78 Å². The number of rotatable bonds is 1. The van der Waals surface area contributed by atoms with E-state index in [0.29, 0.717) is 5.70 Å². The van der Waals surface area contributed by atoms with E-state index in [1.54, 1.807) is 16.7 Å². The Morgan fingerprint density at radius 3 is 2.59 bits per heavy atom. The van der Waals surface area contributed by atoms with Gasteiger partial charge in [-0.05, 0) is 12.5 Å². The number of amides is 1. The number of hydrogen-bond acceptors (Lipinski definition) is 3. The van der Waals surface area contributed by atoms with Gasteiger partial charge in [-0.25, -0.2) is 0 Å². The number of thioether (sulfide) groups is 1. The van der Waals surface area contributed by atoms with Crippen molar-refractivity contribution in [3.63, 3.8) is 0 Å². The number of carbonyl (C=O) groups excluding carboxylic acids is 2. The maximum absolute atomic E-state index is 12.4. The summed E-state index contributed by atoms with van der Waals surface area (Å²) >= 11 is 7.59. The average molecular weight is 274 g/mol. The van der Waals surface area contributed by atoms with Gasteiger partial charge in [-0.1, -0.05) is 20.8 Å². The van der Waals surface area contributed by atoms with E-state index in [2.05, 4.69) is 0 Å². The van der Waals surface area contributed by atoms with E-state index in [9.17, 15) is 9.59 Å². The molecule has 0 aromatic heterocycles. The van der Waals surface area contributed by atoms with Crippen LogP contribution in [0.3, 0.4) is 0 Å². The van der Waals surface area contributed by atoms with E-state index in [1.807, 2.05) is 27.7 Å². The molecular formula is C12H16ClNO2S. The van der Waals surface area contributed by atoms with Crippen molar-refractivity contribution < 1.29 is 9.59 Å². The van der Waals surface area contributed by atoms with Crippen LogP contribution in [0.5, 0.6) is 0 Å². The van der Waals surface area contributed by atoms with Crippen LogP contribution in [-0.2, 0) is 9.59 Å². The molecule has 1 saturated heterocycles. The summed E-state index contributed by atoms with van der Waals surface area (Å²) in [6, 6.07) is 0. The Morgan fingerprint density at radius 2 is 2.06 bits per heavy atom. The number of β-lactam (4-membered cyclic amide) rings is 1. The lowest BCUT2D eigenvalue weighted by atomic mass is 9.86. The first-order chi connectivity index (χ1) is 7.75.